The van der Waals surface area contributed by atoms with E-state index in [-0.39, 0.29) is 0 Å². The zero-order valence-electron chi connectivity index (χ0n) is 12.7. The van der Waals surface area contributed by atoms with Crippen molar-refractivity contribution in [3.63, 3.8) is 0 Å². The number of ketones is 1. The van der Waals surface area contributed by atoms with Gasteiger partial charge in [0.15, 0.2) is 0 Å². The molecule has 4 nitrogen and oxygen atoms in total. The van der Waals surface area contributed by atoms with Gasteiger partial charge in [-0.25, -0.2) is 0 Å². The SMILES string of the molecule is Cc1cc(Br)cc(C)c1NC(=O)C(=O)c1c[nH]c2ccccc12. The van der Waals surface area contributed by atoms with E-state index >= 15 is 0 Å². The van der Waals surface area contributed by atoms with Gasteiger partial charge in [0.05, 0.1) is 5.56 Å². The minimum Gasteiger partial charge on any atom is -0.360 e. The van der Waals surface area contributed by atoms with Crippen LogP contribution in [-0.2, 0) is 4.79 Å². The molecule has 0 spiro atoms. The fourth-order valence-corrected chi connectivity index (χ4v) is 3.35. The molecule has 116 valence electrons. The maximum absolute atomic E-state index is 12.5. The van der Waals surface area contributed by atoms with Crippen LogP contribution in [0.2, 0.25) is 0 Å². The molecule has 1 aromatic heterocycles. The van der Waals surface area contributed by atoms with Crippen molar-refractivity contribution in [2.75, 3.05) is 5.32 Å². The third kappa shape index (κ3) is 2.92. The molecule has 0 saturated heterocycles. The van der Waals surface area contributed by atoms with E-state index in [0.717, 1.165) is 26.5 Å². The van der Waals surface area contributed by atoms with Gasteiger partial charge in [0.2, 0.25) is 0 Å². The Labute approximate surface area is 142 Å². The number of fused-ring (bicyclic) bond motifs is 1. The van der Waals surface area contributed by atoms with Crippen molar-refractivity contribution < 1.29 is 9.59 Å². The summed E-state index contributed by atoms with van der Waals surface area (Å²) >= 11 is 3.42. The number of hydrogen-bond acceptors (Lipinski definition) is 2. The number of carbonyl (C=O) groups excluding carboxylic acids is 2. The third-order valence-electron chi connectivity index (χ3n) is 3.78. The number of aromatic amines is 1. The molecule has 3 aromatic rings. The first-order chi connectivity index (χ1) is 11.0. The van der Waals surface area contributed by atoms with Gasteiger partial charge in [-0.1, -0.05) is 34.1 Å². The molecule has 0 aliphatic rings. The molecule has 0 aliphatic carbocycles. The summed E-state index contributed by atoms with van der Waals surface area (Å²) in [5, 5.41) is 3.48. The van der Waals surface area contributed by atoms with Crippen LogP contribution in [0, 0.1) is 13.8 Å². The average molecular weight is 371 g/mol. The van der Waals surface area contributed by atoms with Crippen LogP contribution in [0.25, 0.3) is 10.9 Å². The number of para-hydroxylation sites is 1. The minimum atomic E-state index is -0.636. The lowest BCUT2D eigenvalue weighted by Gasteiger charge is -2.11. The molecule has 0 atom stereocenters. The number of rotatable bonds is 3. The Morgan fingerprint density at radius 3 is 2.43 bits per heavy atom. The maximum atomic E-state index is 12.5. The quantitative estimate of drug-likeness (QED) is 0.531. The number of Topliss-reactive ketones (excluding diaryl/α,β-unsaturated/α-hetero) is 1. The van der Waals surface area contributed by atoms with Gasteiger partial charge in [-0.05, 0) is 43.2 Å². The van der Waals surface area contributed by atoms with Crippen LogP contribution in [-0.4, -0.2) is 16.7 Å². The molecule has 0 radical (unpaired) electrons. The molecule has 5 heteroatoms. The normalized spacial score (nSPS) is 10.7. The zero-order chi connectivity index (χ0) is 16.6. The van der Waals surface area contributed by atoms with Gasteiger partial charge in [0.1, 0.15) is 0 Å². The van der Waals surface area contributed by atoms with Crippen LogP contribution in [0.4, 0.5) is 5.69 Å². The number of nitrogens with one attached hydrogen (secondary N) is 2. The Kier molecular flexibility index (Phi) is 4.05. The van der Waals surface area contributed by atoms with Gasteiger partial charge in [-0.15, -0.1) is 0 Å². The molecule has 1 amide bonds. The second kappa shape index (κ2) is 6.01. The third-order valence-corrected chi connectivity index (χ3v) is 4.23. The standard InChI is InChI=1S/C18H15BrN2O2/c1-10-7-12(19)8-11(2)16(10)21-18(23)17(22)14-9-20-15-6-4-3-5-13(14)15/h3-9,20H,1-2H3,(H,21,23). The van der Waals surface area contributed by atoms with Gasteiger partial charge in [0.25, 0.3) is 11.7 Å². The van der Waals surface area contributed by atoms with Crippen LogP contribution < -0.4 is 5.32 Å². The van der Waals surface area contributed by atoms with Crippen LogP contribution in [0.3, 0.4) is 0 Å². The number of carbonyl (C=O) groups is 2. The number of amides is 1. The smallest absolute Gasteiger partial charge is 0.296 e. The highest BCUT2D eigenvalue weighted by molar-refractivity contribution is 9.10. The van der Waals surface area contributed by atoms with E-state index in [1.165, 1.54) is 0 Å². The summed E-state index contributed by atoms with van der Waals surface area (Å²) < 4.78 is 0.938. The molecule has 0 aliphatic heterocycles. The van der Waals surface area contributed by atoms with E-state index in [9.17, 15) is 9.59 Å². The molecular formula is C18H15BrN2O2. The summed E-state index contributed by atoms with van der Waals surface area (Å²) in [6.07, 6.45) is 1.58. The Morgan fingerprint density at radius 2 is 1.74 bits per heavy atom. The average Bonchev–Trinajstić information content (AvgIpc) is 2.93. The van der Waals surface area contributed by atoms with E-state index in [1.54, 1.807) is 6.20 Å². The van der Waals surface area contributed by atoms with E-state index in [2.05, 4.69) is 26.2 Å². The van der Waals surface area contributed by atoms with Crippen molar-refractivity contribution in [1.29, 1.82) is 0 Å². The number of halogens is 1. The highest BCUT2D eigenvalue weighted by atomic mass is 79.9. The van der Waals surface area contributed by atoms with E-state index < -0.39 is 11.7 Å². The topological polar surface area (TPSA) is 62.0 Å². The molecule has 0 saturated carbocycles. The Hall–Kier alpha value is -2.40. The minimum absolute atomic E-state index is 0.380. The van der Waals surface area contributed by atoms with Crippen LogP contribution in [0.1, 0.15) is 21.5 Å². The van der Waals surface area contributed by atoms with Crippen molar-refractivity contribution in [3.05, 3.63) is 63.8 Å². The molecular weight excluding hydrogens is 356 g/mol. The van der Waals surface area contributed by atoms with Gasteiger partial charge >= 0.3 is 0 Å². The van der Waals surface area contributed by atoms with Crippen molar-refractivity contribution in [1.82, 2.24) is 4.98 Å². The maximum Gasteiger partial charge on any atom is 0.296 e. The Morgan fingerprint density at radius 1 is 1.09 bits per heavy atom. The largest absolute Gasteiger partial charge is 0.360 e. The highest BCUT2D eigenvalue weighted by Gasteiger charge is 2.21. The van der Waals surface area contributed by atoms with Crippen molar-refractivity contribution in [2.24, 2.45) is 0 Å². The predicted molar refractivity (Wildman–Crippen MR) is 94.9 cm³/mol. The molecule has 1 heterocycles. The molecule has 2 N–H and O–H groups in total. The molecule has 2 aromatic carbocycles. The number of benzene rings is 2. The monoisotopic (exact) mass is 370 g/mol. The number of aryl methyl sites for hydroxylation is 2. The first-order valence-corrected chi connectivity index (χ1v) is 7.95. The lowest BCUT2D eigenvalue weighted by Crippen LogP contribution is -2.23. The van der Waals surface area contributed by atoms with Crippen molar-refractivity contribution in [3.8, 4) is 0 Å². The van der Waals surface area contributed by atoms with Crippen LogP contribution >= 0.6 is 15.9 Å². The summed E-state index contributed by atoms with van der Waals surface area (Å²) in [5.74, 6) is -1.19. The van der Waals surface area contributed by atoms with Crippen molar-refractivity contribution >= 4 is 44.2 Å². The molecule has 0 unspecified atom stereocenters. The van der Waals surface area contributed by atoms with E-state index in [1.807, 2.05) is 50.2 Å². The van der Waals surface area contributed by atoms with Crippen LogP contribution in [0.15, 0.2) is 47.1 Å². The summed E-state index contributed by atoms with van der Waals surface area (Å²) in [5.41, 5.74) is 3.69. The van der Waals surface area contributed by atoms with Crippen LogP contribution in [0.5, 0.6) is 0 Å². The lowest BCUT2D eigenvalue weighted by molar-refractivity contribution is -0.112. The summed E-state index contributed by atoms with van der Waals surface area (Å²) in [7, 11) is 0. The van der Waals surface area contributed by atoms with Crippen molar-refractivity contribution in [2.45, 2.75) is 13.8 Å². The molecule has 3 rings (SSSR count). The van der Waals surface area contributed by atoms with Gasteiger partial charge in [-0.3, -0.25) is 9.59 Å². The molecule has 23 heavy (non-hydrogen) atoms. The number of H-pyrrole nitrogens is 1. The summed E-state index contributed by atoms with van der Waals surface area (Å²) in [6, 6.07) is 11.2. The number of aromatic nitrogens is 1. The molecule has 0 bridgehead atoms. The fourth-order valence-electron chi connectivity index (χ4n) is 2.66. The fraction of sp³-hybridized carbons (Fsp3) is 0.111. The Balaban J connectivity index is 1.91. The lowest BCUT2D eigenvalue weighted by atomic mass is 10.1. The summed E-state index contributed by atoms with van der Waals surface area (Å²) in [4.78, 5) is 27.8. The van der Waals surface area contributed by atoms with Gasteiger partial charge < -0.3 is 10.3 Å². The first kappa shape index (κ1) is 15.5. The molecule has 0 fully saturated rings. The van der Waals surface area contributed by atoms with Gasteiger partial charge in [-0.2, -0.15) is 0 Å². The second-order valence-corrected chi connectivity index (χ2v) is 6.36. The van der Waals surface area contributed by atoms with E-state index in [0.29, 0.717) is 11.3 Å². The highest BCUT2D eigenvalue weighted by Crippen LogP contribution is 2.25. The predicted octanol–water partition coefficient (Wildman–Crippen LogP) is 4.37. The number of hydrogen-bond donors (Lipinski definition) is 2. The zero-order valence-corrected chi connectivity index (χ0v) is 14.3. The first-order valence-electron chi connectivity index (χ1n) is 7.16. The summed E-state index contributed by atoms with van der Waals surface area (Å²) in [6.45, 7) is 3.78. The Bertz CT molecular complexity index is 905. The number of anilines is 1. The van der Waals surface area contributed by atoms with E-state index in [4.69, 9.17) is 0 Å². The van der Waals surface area contributed by atoms with Gasteiger partial charge in [0, 0.05) is 27.3 Å². The second-order valence-electron chi connectivity index (χ2n) is 5.45.